The number of allylic oxidation sites excluding steroid dienone is 4. The molecule has 0 atom stereocenters. The Morgan fingerprint density at radius 2 is 1.86 bits per heavy atom. The predicted molar refractivity (Wildman–Crippen MR) is 61.3 cm³/mol. The van der Waals surface area contributed by atoms with Gasteiger partial charge in [0.2, 0.25) is 0 Å². The molecule has 0 radical (unpaired) electrons. The van der Waals surface area contributed by atoms with Crippen molar-refractivity contribution in [3.05, 3.63) is 36.5 Å². The maximum Gasteiger partial charge on any atom is 0.164 e. The molecule has 0 saturated carbocycles. The molecule has 78 valence electrons. The number of Topliss-reactive ketones (excluding diaryl/α,β-unsaturated/α-hetero) is 1. The van der Waals surface area contributed by atoms with Crippen molar-refractivity contribution in [2.45, 2.75) is 13.3 Å². The molecule has 0 aromatic heterocycles. The van der Waals surface area contributed by atoms with Gasteiger partial charge in [-0.2, -0.15) is 0 Å². The van der Waals surface area contributed by atoms with E-state index in [1.165, 1.54) is 0 Å². The summed E-state index contributed by atoms with van der Waals surface area (Å²) in [6.07, 6.45) is 3.82. The highest BCUT2D eigenvalue weighted by molar-refractivity contribution is 5.99. The minimum absolute atomic E-state index is 0.131. The van der Waals surface area contributed by atoms with E-state index in [2.05, 4.69) is 13.2 Å². The van der Waals surface area contributed by atoms with Gasteiger partial charge in [0, 0.05) is 18.5 Å². The topological polar surface area (TPSA) is 20.3 Å². The average Bonchev–Trinajstić information content (AvgIpc) is 2.15. The lowest BCUT2D eigenvalue weighted by atomic mass is 10.0. The highest BCUT2D eigenvalue weighted by Gasteiger charge is 2.08. The summed E-state index contributed by atoms with van der Waals surface area (Å²) in [6.45, 7) is 9.91. The van der Waals surface area contributed by atoms with E-state index in [4.69, 9.17) is 0 Å². The minimum atomic E-state index is 0.131. The van der Waals surface area contributed by atoms with Crippen LogP contribution in [0.15, 0.2) is 36.5 Å². The summed E-state index contributed by atoms with van der Waals surface area (Å²) in [6, 6.07) is 0. The molecule has 0 N–H and O–H groups in total. The molecule has 2 heteroatoms. The zero-order valence-electron chi connectivity index (χ0n) is 9.34. The van der Waals surface area contributed by atoms with E-state index in [0.29, 0.717) is 12.0 Å². The number of hydrogen-bond acceptors (Lipinski definition) is 2. The standard InChI is InChI=1S/C12H19NO/c1-6-10(3)11(7-2)12(14)8-9-13(4)5/h6-7H,1-2,8-9H2,3-5H3/b11-10-. The van der Waals surface area contributed by atoms with E-state index in [1.54, 1.807) is 12.2 Å². The van der Waals surface area contributed by atoms with Crippen molar-refractivity contribution >= 4 is 5.78 Å². The van der Waals surface area contributed by atoms with Crippen molar-refractivity contribution in [1.29, 1.82) is 0 Å². The Morgan fingerprint density at radius 3 is 2.21 bits per heavy atom. The average molecular weight is 193 g/mol. The molecule has 0 unspecified atom stereocenters. The Kier molecular flexibility index (Phi) is 5.81. The summed E-state index contributed by atoms with van der Waals surface area (Å²) < 4.78 is 0. The number of rotatable bonds is 6. The molecule has 0 aromatic carbocycles. The first-order valence-corrected chi connectivity index (χ1v) is 4.66. The molecule has 14 heavy (non-hydrogen) atoms. The van der Waals surface area contributed by atoms with Crippen LogP contribution < -0.4 is 0 Å². The molecule has 0 aliphatic heterocycles. The summed E-state index contributed by atoms with van der Waals surface area (Å²) in [5.41, 5.74) is 1.57. The van der Waals surface area contributed by atoms with Gasteiger partial charge < -0.3 is 4.90 Å². The fourth-order valence-corrected chi connectivity index (χ4v) is 1.06. The molecule has 0 rings (SSSR count). The van der Waals surface area contributed by atoms with Gasteiger partial charge in [-0.25, -0.2) is 0 Å². The first-order valence-electron chi connectivity index (χ1n) is 4.66. The van der Waals surface area contributed by atoms with Crippen LogP contribution in [0.5, 0.6) is 0 Å². The Morgan fingerprint density at radius 1 is 1.29 bits per heavy atom. The van der Waals surface area contributed by atoms with Gasteiger partial charge in [-0.3, -0.25) is 4.79 Å². The molecular formula is C12H19NO. The van der Waals surface area contributed by atoms with Gasteiger partial charge in [0.15, 0.2) is 5.78 Å². The summed E-state index contributed by atoms with van der Waals surface area (Å²) in [5, 5.41) is 0. The van der Waals surface area contributed by atoms with Crippen molar-refractivity contribution in [2.24, 2.45) is 0 Å². The van der Waals surface area contributed by atoms with Crippen LogP contribution in [0.4, 0.5) is 0 Å². The predicted octanol–water partition coefficient (Wildman–Crippen LogP) is 2.20. The van der Waals surface area contributed by atoms with Crippen LogP contribution in [0.3, 0.4) is 0 Å². The van der Waals surface area contributed by atoms with E-state index in [-0.39, 0.29) is 5.78 Å². The van der Waals surface area contributed by atoms with Crippen LogP contribution in [0.2, 0.25) is 0 Å². The summed E-state index contributed by atoms with van der Waals surface area (Å²) in [4.78, 5) is 13.7. The Balaban J connectivity index is 4.49. The van der Waals surface area contributed by atoms with Gasteiger partial charge in [0.1, 0.15) is 0 Å². The van der Waals surface area contributed by atoms with Crippen LogP contribution in [0.25, 0.3) is 0 Å². The minimum Gasteiger partial charge on any atom is -0.309 e. The van der Waals surface area contributed by atoms with E-state index >= 15 is 0 Å². The number of hydrogen-bond donors (Lipinski definition) is 0. The molecule has 0 aliphatic carbocycles. The van der Waals surface area contributed by atoms with E-state index in [0.717, 1.165) is 12.1 Å². The lowest BCUT2D eigenvalue weighted by Crippen LogP contribution is -2.17. The van der Waals surface area contributed by atoms with Crippen molar-refractivity contribution < 1.29 is 4.79 Å². The largest absolute Gasteiger partial charge is 0.309 e. The van der Waals surface area contributed by atoms with Gasteiger partial charge in [-0.15, -0.1) is 0 Å². The Labute approximate surface area is 86.6 Å². The third-order valence-electron chi connectivity index (χ3n) is 2.02. The molecule has 0 spiro atoms. The van der Waals surface area contributed by atoms with Crippen molar-refractivity contribution in [3.8, 4) is 0 Å². The molecule has 2 nitrogen and oxygen atoms in total. The fourth-order valence-electron chi connectivity index (χ4n) is 1.06. The monoisotopic (exact) mass is 193 g/mol. The fraction of sp³-hybridized carbons (Fsp3) is 0.417. The second-order valence-corrected chi connectivity index (χ2v) is 3.48. The van der Waals surface area contributed by atoms with Crippen molar-refractivity contribution in [1.82, 2.24) is 4.90 Å². The first-order chi connectivity index (χ1) is 6.52. The summed E-state index contributed by atoms with van der Waals surface area (Å²) in [7, 11) is 3.90. The van der Waals surface area contributed by atoms with Gasteiger partial charge in [0.05, 0.1) is 0 Å². The second-order valence-electron chi connectivity index (χ2n) is 3.48. The molecule has 0 aliphatic rings. The third kappa shape index (κ3) is 4.19. The van der Waals surface area contributed by atoms with Crippen LogP contribution in [-0.4, -0.2) is 31.3 Å². The quantitative estimate of drug-likeness (QED) is 0.476. The Bertz CT molecular complexity index is 261. The van der Waals surface area contributed by atoms with Gasteiger partial charge in [0.25, 0.3) is 0 Å². The maximum atomic E-state index is 11.7. The Hall–Kier alpha value is -1.15. The number of ketones is 1. The second kappa shape index (κ2) is 6.33. The number of carbonyl (C=O) groups is 1. The van der Waals surface area contributed by atoms with Crippen molar-refractivity contribution in [2.75, 3.05) is 20.6 Å². The van der Waals surface area contributed by atoms with Gasteiger partial charge >= 0.3 is 0 Å². The maximum absolute atomic E-state index is 11.7. The summed E-state index contributed by atoms with van der Waals surface area (Å²) in [5.74, 6) is 0.131. The lowest BCUT2D eigenvalue weighted by molar-refractivity contribution is -0.115. The van der Waals surface area contributed by atoms with Crippen LogP contribution in [0, 0.1) is 0 Å². The molecule has 0 heterocycles. The summed E-state index contributed by atoms with van der Waals surface area (Å²) >= 11 is 0. The van der Waals surface area contributed by atoms with Crippen molar-refractivity contribution in [3.63, 3.8) is 0 Å². The van der Waals surface area contributed by atoms with Crippen LogP contribution in [-0.2, 0) is 4.79 Å². The highest BCUT2D eigenvalue weighted by atomic mass is 16.1. The normalized spacial score (nSPS) is 12.3. The van der Waals surface area contributed by atoms with Crippen LogP contribution >= 0.6 is 0 Å². The van der Waals surface area contributed by atoms with Crippen LogP contribution in [0.1, 0.15) is 13.3 Å². The zero-order valence-corrected chi connectivity index (χ0v) is 9.34. The highest BCUT2D eigenvalue weighted by Crippen LogP contribution is 2.09. The molecule has 0 amide bonds. The molecule has 0 fully saturated rings. The molecular weight excluding hydrogens is 174 g/mol. The van der Waals surface area contributed by atoms with Gasteiger partial charge in [-0.1, -0.05) is 25.3 Å². The molecule has 0 saturated heterocycles. The van der Waals surface area contributed by atoms with E-state index < -0.39 is 0 Å². The first kappa shape index (κ1) is 12.8. The number of carbonyl (C=O) groups excluding carboxylic acids is 1. The lowest BCUT2D eigenvalue weighted by Gasteiger charge is -2.09. The van der Waals surface area contributed by atoms with Gasteiger partial charge in [-0.05, 0) is 26.6 Å². The number of nitrogens with zero attached hydrogens (tertiary/aromatic N) is 1. The van der Waals surface area contributed by atoms with E-state index in [9.17, 15) is 4.79 Å². The smallest absolute Gasteiger partial charge is 0.164 e. The SMILES string of the molecule is C=C/C(C)=C(/C=C)C(=O)CCN(C)C. The zero-order chi connectivity index (χ0) is 11.1. The van der Waals surface area contributed by atoms with E-state index in [1.807, 2.05) is 25.9 Å². The third-order valence-corrected chi connectivity index (χ3v) is 2.02. The molecule has 0 bridgehead atoms. The molecule has 0 aromatic rings.